The summed E-state index contributed by atoms with van der Waals surface area (Å²) in [6.45, 7) is 0. The number of aromatic amines is 2. The Morgan fingerprint density at radius 2 is 2.08 bits per heavy atom. The second kappa shape index (κ2) is 6.79. The summed E-state index contributed by atoms with van der Waals surface area (Å²) in [6.07, 6.45) is 4.67. The van der Waals surface area contributed by atoms with Crippen LogP contribution in [0.4, 0.5) is 0 Å². The first-order chi connectivity index (χ1) is 12.0. The normalized spacial score (nSPS) is 13.7. The Morgan fingerprint density at radius 3 is 2.92 bits per heavy atom. The molecule has 2 aromatic heterocycles. The molecule has 1 aromatic carbocycles. The highest BCUT2D eigenvalue weighted by Crippen LogP contribution is 2.29. The summed E-state index contributed by atoms with van der Waals surface area (Å²) in [5.74, 6) is 0.766. The number of benzene rings is 1. The van der Waals surface area contributed by atoms with Crippen LogP contribution in [0.2, 0.25) is 0 Å². The summed E-state index contributed by atoms with van der Waals surface area (Å²) in [7, 11) is 0. The number of halogens is 2. The first-order valence-electron chi connectivity index (χ1n) is 7.51. The maximum atomic E-state index is 10.2. The van der Waals surface area contributed by atoms with Gasteiger partial charge in [0.05, 0.1) is 9.78 Å². The second-order valence-corrected chi connectivity index (χ2v) is 8.41. The summed E-state index contributed by atoms with van der Waals surface area (Å²) in [5, 5.41) is 29.2. The van der Waals surface area contributed by atoms with E-state index in [0.29, 0.717) is 16.2 Å². The fraction of sp³-hybridized carbons (Fsp3) is 0.200. The molecule has 3 aromatic rings. The first-order valence-corrected chi connectivity index (χ1v) is 10.1. The second-order valence-electron chi connectivity index (χ2n) is 5.62. The summed E-state index contributed by atoms with van der Waals surface area (Å²) in [5.41, 5.74) is 3.73. The highest BCUT2D eigenvalue weighted by Gasteiger charge is 2.23. The molecule has 128 valence electrons. The van der Waals surface area contributed by atoms with Crippen molar-refractivity contribution in [2.45, 2.75) is 19.3 Å². The third kappa shape index (κ3) is 3.14. The number of fused-ring (bicyclic) bond motifs is 1. The number of hydrogen-bond donors (Lipinski definition) is 3. The van der Waals surface area contributed by atoms with E-state index in [-0.39, 0.29) is 5.75 Å². The van der Waals surface area contributed by atoms with Crippen molar-refractivity contribution in [3.05, 3.63) is 40.9 Å². The van der Waals surface area contributed by atoms with Gasteiger partial charge in [0.1, 0.15) is 11.4 Å². The number of nitrogens with one attached hydrogen (secondary N) is 2. The topological polar surface area (TPSA) is 94.9 Å². The monoisotopic (exact) mass is 578 g/mol. The number of aromatic hydroxyl groups is 1. The number of nitrogens with zero attached hydrogens (tertiary/aromatic N) is 4. The van der Waals surface area contributed by atoms with Gasteiger partial charge in [-0.3, -0.25) is 5.10 Å². The van der Waals surface area contributed by atoms with Crippen molar-refractivity contribution in [3.63, 3.8) is 0 Å². The van der Waals surface area contributed by atoms with Crippen molar-refractivity contribution >= 4 is 63.6 Å². The molecule has 0 saturated heterocycles. The Labute approximate surface area is 175 Å². The van der Waals surface area contributed by atoms with Gasteiger partial charge in [-0.05, 0) is 88.8 Å². The summed E-state index contributed by atoms with van der Waals surface area (Å²) in [6, 6.07) is 3.76. The van der Waals surface area contributed by atoms with E-state index in [9.17, 15) is 5.11 Å². The predicted octanol–water partition coefficient (Wildman–Crippen LogP) is 3.62. The first kappa shape index (κ1) is 17.1. The van der Waals surface area contributed by atoms with E-state index < -0.39 is 0 Å². The third-order valence-electron chi connectivity index (χ3n) is 4.04. The molecule has 0 spiro atoms. The summed E-state index contributed by atoms with van der Waals surface area (Å²) in [4.78, 5) is 0. The van der Waals surface area contributed by atoms with Gasteiger partial charge in [0.25, 0.3) is 0 Å². The number of aryl methyl sites for hydroxylation is 1. The molecule has 0 saturated carbocycles. The number of rotatable bonds is 3. The van der Waals surface area contributed by atoms with Crippen molar-refractivity contribution < 1.29 is 5.11 Å². The SMILES string of the molecule is Oc1c(I)cc(I)cc1/C=N/n1c(-c2n[nH]c3c2CCC3)n[nH]c1=S. The van der Waals surface area contributed by atoms with Gasteiger partial charge in [0, 0.05) is 20.4 Å². The van der Waals surface area contributed by atoms with Crippen molar-refractivity contribution in [2.75, 3.05) is 0 Å². The fourth-order valence-corrected chi connectivity index (χ4v) is 4.93. The van der Waals surface area contributed by atoms with Crippen LogP contribution in [0.3, 0.4) is 0 Å². The van der Waals surface area contributed by atoms with Gasteiger partial charge in [0.2, 0.25) is 10.6 Å². The molecule has 0 atom stereocenters. The minimum absolute atomic E-state index is 0.196. The van der Waals surface area contributed by atoms with E-state index in [1.165, 1.54) is 10.2 Å². The third-order valence-corrected chi connectivity index (χ3v) is 5.75. The smallest absolute Gasteiger partial charge is 0.216 e. The minimum Gasteiger partial charge on any atom is -0.506 e. The maximum absolute atomic E-state index is 10.2. The molecular formula is C15H12I2N6OS. The van der Waals surface area contributed by atoms with Crippen LogP contribution in [-0.4, -0.2) is 36.4 Å². The molecule has 0 unspecified atom stereocenters. The van der Waals surface area contributed by atoms with Gasteiger partial charge in [-0.1, -0.05) is 0 Å². The van der Waals surface area contributed by atoms with Gasteiger partial charge in [0.15, 0.2) is 0 Å². The molecular weight excluding hydrogens is 566 g/mol. The molecule has 0 fully saturated rings. The van der Waals surface area contributed by atoms with E-state index >= 15 is 0 Å². The lowest BCUT2D eigenvalue weighted by molar-refractivity contribution is 0.470. The molecule has 0 radical (unpaired) electrons. The molecule has 0 aliphatic heterocycles. The molecule has 10 heteroatoms. The maximum Gasteiger partial charge on any atom is 0.216 e. The molecule has 1 aliphatic rings. The molecule has 25 heavy (non-hydrogen) atoms. The molecule has 0 amide bonds. The number of hydrogen-bond acceptors (Lipinski definition) is 5. The zero-order chi connectivity index (χ0) is 17.6. The zero-order valence-electron chi connectivity index (χ0n) is 12.8. The highest BCUT2D eigenvalue weighted by molar-refractivity contribution is 14.1. The van der Waals surface area contributed by atoms with E-state index in [4.69, 9.17) is 12.2 Å². The summed E-state index contributed by atoms with van der Waals surface area (Å²) >= 11 is 9.60. The standard InChI is InChI=1S/C15H12I2N6OS/c16-8-4-7(13(24)10(17)5-8)6-18-23-14(21-22-15(23)25)12-9-2-1-3-11(9)19-20-12/h4-6,24H,1-3H2,(H,19,20)(H,22,25)/b18-6+. The van der Waals surface area contributed by atoms with E-state index in [0.717, 1.165) is 37.8 Å². The lowest BCUT2D eigenvalue weighted by atomic mass is 10.2. The molecule has 3 N–H and O–H groups in total. The van der Waals surface area contributed by atoms with Gasteiger partial charge >= 0.3 is 0 Å². The largest absolute Gasteiger partial charge is 0.506 e. The van der Waals surface area contributed by atoms with Crippen LogP contribution >= 0.6 is 57.4 Å². The molecule has 0 bridgehead atoms. The van der Waals surface area contributed by atoms with Gasteiger partial charge in [-0.2, -0.15) is 20.0 Å². The number of phenols is 1. The Balaban J connectivity index is 1.77. The van der Waals surface area contributed by atoms with Crippen LogP contribution in [0.1, 0.15) is 23.2 Å². The lowest BCUT2D eigenvalue weighted by Gasteiger charge is -2.03. The number of aromatic nitrogens is 5. The average Bonchev–Trinajstić information content (AvgIpc) is 3.25. The van der Waals surface area contributed by atoms with Crippen molar-refractivity contribution in [2.24, 2.45) is 5.10 Å². The van der Waals surface area contributed by atoms with E-state index in [2.05, 4.69) is 70.7 Å². The average molecular weight is 578 g/mol. The van der Waals surface area contributed by atoms with Crippen LogP contribution in [0, 0.1) is 11.9 Å². The van der Waals surface area contributed by atoms with Crippen molar-refractivity contribution in [1.29, 1.82) is 0 Å². The van der Waals surface area contributed by atoms with Crippen molar-refractivity contribution in [3.8, 4) is 17.3 Å². The van der Waals surface area contributed by atoms with Gasteiger partial charge in [-0.25, -0.2) is 5.10 Å². The van der Waals surface area contributed by atoms with Crippen molar-refractivity contribution in [1.82, 2.24) is 25.1 Å². The fourth-order valence-electron chi connectivity index (χ4n) is 2.86. The number of H-pyrrole nitrogens is 2. The quantitative estimate of drug-likeness (QED) is 0.252. The van der Waals surface area contributed by atoms with Crippen LogP contribution in [0.25, 0.3) is 11.5 Å². The van der Waals surface area contributed by atoms with Crippen LogP contribution < -0.4 is 0 Å². The Hall–Kier alpha value is -1.28. The van der Waals surface area contributed by atoms with Crippen LogP contribution in [0.15, 0.2) is 17.2 Å². The Kier molecular flexibility index (Phi) is 4.66. The lowest BCUT2D eigenvalue weighted by Crippen LogP contribution is -1.98. The molecule has 4 rings (SSSR count). The van der Waals surface area contributed by atoms with Crippen LogP contribution in [-0.2, 0) is 12.8 Å². The molecule has 7 nitrogen and oxygen atoms in total. The number of phenolic OH excluding ortho intramolecular Hbond substituents is 1. The molecule has 2 heterocycles. The zero-order valence-corrected chi connectivity index (χ0v) is 17.9. The van der Waals surface area contributed by atoms with Crippen LogP contribution in [0.5, 0.6) is 5.75 Å². The molecule has 1 aliphatic carbocycles. The predicted molar refractivity (Wildman–Crippen MR) is 114 cm³/mol. The van der Waals surface area contributed by atoms with Gasteiger partial charge in [-0.15, -0.1) is 0 Å². The Morgan fingerprint density at radius 1 is 1.24 bits per heavy atom. The van der Waals surface area contributed by atoms with E-state index in [1.807, 2.05) is 12.1 Å². The summed E-state index contributed by atoms with van der Waals surface area (Å²) < 4.78 is 3.70. The van der Waals surface area contributed by atoms with Gasteiger partial charge < -0.3 is 5.11 Å². The van der Waals surface area contributed by atoms with E-state index in [1.54, 1.807) is 6.21 Å². The Bertz CT molecular complexity index is 1050. The highest BCUT2D eigenvalue weighted by atomic mass is 127. The minimum atomic E-state index is 0.196.